The van der Waals surface area contributed by atoms with Crippen molar-refractivity contribution in [3.8, 4) is 17.2 Å². The fourth-order valence-corrected chi connectivity index (χ4v) is 3.32. The first-order chi connectivity index (χ1) is 12.7. The summed E-state index contributed by atoms with van der Waals surface area (Å²) in [6.45, 7) is 4.22. The molecule has 0 aromatic heterocycles. The topological polar surface area (TPSA) is 38.8 Å². The van der Waals surface area contributed by atoms with Gasteiger partial charge in [0, 0.05) is 19.0 Å². The summed E-state index contributed by atoms with van der Waals surface area (Å²) in [7, 11) is 0. The van der Waals surface area contributed by atoms with E-state index in [1.807, 2.05) is 30.0 Å². The number of alkyl halides is 3. The largest absolute Gasteiger partial charge is 0.573 e. The van der Waals surface area contributed by atoms with Gasteiger partial charge >= 0.3 is 6.36 Å². The van der Waals surface area contributed by atoms with Crippen LogP contribution in [0.15, 0.2) is 42.5 Å². The zero-order valence-corrected chi connectivity index (χ0v) is 15.0. The third kappa shape index (κ3) is 4.72. The highest BCUT2D eigenvalue weighted by Gasteiger charge is 2.31. The van der Waals surface area contributed by atoms with E-state index >= 15 is 0 Å². The Bertz CT molecular complexity index is 818. The van der Waals surface area contributed by atoms with Gasteiger partial charge in [0.2, 0.25) is 5.91 Å². The lowest BCUT2D eigenvalue weighted by Gasteiger charge is -2.26. The number of benzene rings is 2. The Morgan fingerprint density at radius 1 is 1.11 bits per heavy atom. The molecule has 1 fully saturated rings. The number of hydrogen-bond acceptors (Lipinski definition) is 3. The summed E-state index contributed by atoms with van der Waals surface area (Å²) < 4.78 is 46.6. The molecular weight excluding hydrogens is 359 g/mol. The molecule has 1 heterocycles. The summed E-state index contributed by atoms with van der Waals surface area (Å²) in [5.41, 5.74) is 1.94. The maximum atomic E-state index is 12.3. The molecule has 144 valence electrons. The normalized spacial score (nSPS) is 17.1. The Balaban J connectivity index is 1.84. The molecular formula is C20H20F3NO3. The van der Waals surface area contributed by atoms with Gasteiger partial charge in [0.1, 0.15) is 17.2 Å². The standard InChI is InChI=1S/C20H20F3NO3/c1-13-5-10-19(17(12-13)18-4-3-11-24(18)14(2)25)26-15-6-8-16(9-7-15)27-20(21,22)23/h5-10,12,18H,3-4,11H2,1-2H3. The number of nitrogens with zero attached hydrogens (tertiary/aromatic N) is 1. The van der Waals surface area contributed by atoms with Crippen LogP contribution in [0.3, 0.4) is 0 Å². The molecule has 1 atom stereocenters. The first-order valence-electron chi connectivity index (χ1n) is 8.64. The number of ether oxygens (including phenoxy) is 2. The van der Waals surface area contributed by atoms with Crippen LogP contribution in [-0.4, -0.2) is 23.7 Å². The molecule has 1 amide bonds. The highest BCUT2D eigenvalue weighted by atomic mass is 19.4. The van der Waals surface area contributed by atoms with Crippen molar-refractivity contribution >= 4 is 5.91 Å². The van der Waals surface area contributed by atoms with E-state index in [0.717, 1.165) is 24.0 Å². The first kappa shape index (κ1) is 19.1. The Hall–Kier alpha value is -2.70. The molecule has 0 saturated carbocycles. The van der Waals surface area contributed by atoms with Crippen LogP contribution < -0.4 is 9.47 Å². The quantitative estimate of drug-likeness (QED) is 0.717. The van der Waals surface area contributed by atoms with E-state index in [2.05, 4.69) is 4.74 Å². The maximum Gasteiger partial charge on any atom is 0.573 e. The molecule has 0 aliphatic carbocycles. The molecule has 27 heavy (non-hydrogen) atoms. The molecule has 2 aromatic carbocycles. The van der Waals surface area contributed by atoms with Crippen LogP contribution in [0, 0.1) is 6.92 Å². The van der Waals surface area contributed by atoms with Gasteiger partial charge in [-0.25, -0.2) is 0 Å². The van der Waals surface area contributed by atoms with Gasteiger partial charge in [-0.05, 0) is 50.1 Å². The fraction of sp³-hybridized carbons (Fsp3) is 0.350. The van der Waals surface area contributed by atoms with Gasteiger partial charge in [-0.15, -0.1) is 13.2 Å². The molecule has 2 aromatic rings. The van der Waals surface area contributed by atoms with Crippen molar-refractivity contribution in [3.05, 3.63) is 53.6 Å². The van der Waals surface area contributed by atoms with Crippen LogP contribution in [0.1, 0.15) is 36.9 Å². The summed E-state index contributed by atoms with van der Waals surface area (Å²) in [6.07, 6.45) is -2.97. The minimum atomic E-state index is -4.73. The number of aryl methyl sites for hydroxylation is 1. The van der Waals surface area contributed by atoms with Crippen LogP contribution in [-0.2, 0) is 4.79 Å². The van der Waals surface area contributed by atoms with E-state index in [0.29, 0.717) is 18.0 Å². The van der Waals surface area contributed by atoms with Crippen molar-refractivity contribution in [2.75, 3.05) is 6.54 Å². The lowest BCUT2D eigenvalue weighted by molar-refractivity contribution is -0.274. The van der Waals surface area contributed by atoms with Gasteiger partial charge in [-0.2, -0.15) is 0 Å². The Morgan fingerprint density at radius 2 is 1.78 bits per heavy atom. The Labute approximate surface area is 155 Å². The van der Waals surface area contributed by atoms with Gasteiger partial charge in [0.25, 0.3) is 0 Å². The summed E-state index contributed by atoms with van der Waals surface area (Å²) in [5, 5.41) is 0. The van der Waals surface area contributed by atoms with E-state index in [1.54, 1.807) is 6.92 Å². The van der Waals surface area contributed by atoms with Gasteiger partial charge in [0.15, 0.2) is 0 Å². The second-order valence-corrected chi connectivity index (χ2v) is 6.53. The average molecular weight is 379 g/mol. The zero-order chi connectivity index (χ0) is 19.6. The summed E-state index contributed by atoms with van der Waals surface area (Å²) in [4.78, 5) is 13.7. The predicted octanol–water partition coefficient (Wildman–Crippen LogP) is 5.37. The number of carbonyl (C=O) groups excluding carboxylic acids is 1. The molecule has 1 unspecified atom stereocenters. The van der Waals surface area contributed by atoms with Crippen LogP contribution in [0.5, 0.6) is 17.2 Å². The van der Waals surface area contributed by atoms with E-state index in [1.165, 1.54) is 24.3 Å². The van der Waals surface area contributed by atoms with Crippen LogP contribution in [0.2, 0.25) is 0 Å². The van der Waals surface area contributed by atoms with Crippen LogP contribution >= 0.6 is 0 Å². The Kier molecular flexibility index (Phi) is 5.30. The monoisotopic (exact) mass is 379 g/mol. The van der Waals surface area contributed by atoms with Crippen LogP contribution in [0.25, 0.3) is 0 Å². The molecule has 0 radical (unpaired) electrons. The molecule has 3 rings (SSSR count). The highest BCUT2D eigenvalue weighted by molar-refractivity contribution is 5.74. The number of carbonyl (C=O) groups is 1. The van der Waals surface area contributed by atoms with E-state index in [9.17, 15) is 18.0 Å². The Morgan fingerprint density at radius 3 is 2.41 bits per heavy atom. The second kappa shape index (κ2) is 7.50. The number of rotatable bonds is 4. The van der Waals surface area contributed by atoms with E-state index in [-0.39, 0.29) is 17.7 Å². The van der Waals surface area contributed by atoms with Crippen molar-refractivity contribution in [2.45, 2.75) is 39.1 Å². The molecule has 0 N–H and O–H groups in total. The number of halogens is 3. The lowest BCUT2D eigenvalue weighted by atomic mass is 10.0. The fourth-order valence-electron chi connectivity index (χ4n) is 3.32. The lowest BCUT2D eigenvalue weighted by Crippen LogP contribution is -2.28. The van der Waals surface area contributed by atoms with Crippen molar-refractivity contribution in [2.24, 2.45) is 0 Å². The van der Waals surface area contributed by atoms with E-state index in [4.69, 9.17) is 4.74 Å². The summed E-state index contributed by atoms with van der Waals surface area (Å²) in [5.74, 6) is 0.682. The summed E-state index contributed by atoms with van der Waals surface area (Å²) >= 11 is 0. The average Bonchev–Trinajstić information content (AvgIpc) is 3.06. The number of likely N-dealkylation sites (tertiary alicyclic amines) is 1. The van der Waals surface area contributed by atoms with Crippen molar-refractivity contribution in [3.63, 3.8) is 0 Å². The molecule has 0 bridgehead atoms. The molecule has 7 heteroatoms. The molecule has 4 nitrogen and oxygen atoms in total. The maximum absolute atomic E-state index is 12.3. The second-order valence-electron chi connectivity index (χ2n) is 6.53. The predicted molar refractivity (Wildman–Crippen MR) is 93.7 cm³/mol. The van der Waals surface area contributed by atoms with Gasteiger partial charge in [0.05, 0.1) is 6.04 Å². The minimum Gasteiger partial charge on any atom is -0.457 e. The molecule has 1 aliphatic heterocycles. The summed E-state index contributed by atoms with van der Waals surface area (Å²) in [6, 6.07) is 10.9. The number of amides is 1. The minimum absolute atomic E-state index is 0.0126. The molecule has 0 spiro atoms. The van der Waals surface area contributed by atoms with Gasteiger partial charge < -0.3 is 14.4 Å². The molecule has 1 saturated heterocycles. The highest BCUT2D eigenvalue weighted by Crippen LogP contribution is 2.39. The first-order valence-corrected chi connectivity index (χ1v) is 8.64. The third-order valence-electron chi connectivity index (χ3n) is 4.47. The van der Waals surface area contributed by atoms with Crippen LogP contribution in [0.4, 0.5) is 13.2 Å². The SMILES string of the molecule is CC(=O)N1CCCC1c1cc(C)ccc1Oc1ccc(OC(F)(F)F)cc1. The third-order valence-corrected chi connectivity index (χ3v) is 4.47. The van der Waals surface area contributed by atoms with Crippen molar-refractivity contribution in [1.29, 1.82) is 0 Å². The zero-order valence-electron chi connectivity index (χ0n) is 15.0. The number of hydrogen-bond donors (Lipinski definition) is 0. The van der Waals surface area contributed by atoms with E-state index < -0.39 is 6.36 Å². The van der Waals surface area contributed by atoms with Gasteiger partial charge in [-0.3, -0.25) is 4.79 Å². The van der Waals surface area contributed by atoms with Gasteiger partial charge in [-0.1, -0.05) is 17.7 Å². The smallest absolute Gasteiger partial charge is 0.457 e. The van der Waals surface area contributed by atoms with Crippen molar-refractivity contribution in [1.82, 2.24) is 4.90 Å². The molecule has 1 aliphatic rings. The van der Waals surface area contributed by atoms with Crippen molar-refractivity contribution < 1.29 is 27.4 Å².